The quantitative estimate of drug-likeness (QED) is 0.885. The van der Waals surface area contributed by atoms with Gasteiger partial charge in [0.15, 0.2) is 0 Å². The van der Waals surface area contributed by atoms with Crippen LogP contribution >= 0.6 is 23.2 Å². The van der Waals surface area contributed by atoms with E-state index in [-0.39, 0.29) is 28.1 Å². The highest BCUT2D eigenvalue weighted by atomic mass is 35.5. The van der Waals surface area contributed by atoms with Gasteiger partial charge < -0.3 is 5.11 Å². The number of rotatable bonds is 4. The molecule has 0 amide bonds. The molecule has 4 nitrogen and oxygen atoms in total. The molecule has 7 heteroatoms. The van der Waals surface area contributed by atoms with E-state index in [0.29, 0.717) is 5.56 Å². The maximum absolute atomic E-state index is 11.7. The van der Waals surface area contributed by atoms with E-state index >= 15 is 0 Å². The van der Waals surface area contributed by atoms with Crippen molar-refractivity contribution in [1.82, 2.24) is 4.72 Å². The molecule has 2 N–H and O–H groups in total. The number of aliphatic hydroxyl groups is 1. The Morgan fingerprint density at radius 3 is 2.44 bits per heavy atom. The predicted octanol–water partition coefficient (Wildman–Crippen LogP) is 1.78. The maximum atomic E-state index is 11.7. The lowest BCUT2D eigenvalue weighted by atomic mass is 10.2. The summed E-state index contributed by atoms with van der Waals surface area (Å²) in [7, 11) is -3.64. The Hall–Kier alpha value is -0.330. The van der Waals surface area contributed by atoms with Crippen molar-refractivity contribution in [3.63, 3.8) is 0 Å². The molecule has 1 aromatic carbocycles. The topological polar surface area (TPSA) is 66.4 Å². The van der Waals surface area contributed by atoms with E-state index < -0.39 is 10.0 Å². The second-order valence-corrected chi connectivity index (χ2v) is 5.58. The van der Waals surface area contributed by atoms with Crippen molar-refractivity contribution in [2.75, 3.05) is 6.54 Å². The molecule has 0 atom stereocenters. The van der Waals surface area contributed by atoms with Gasteiger partial charge in [-0.3, -0.25) is 0 Å². The number of benzene rings is 1. The molecular formula is C9H11Cl2NO3S. The van der Waals surface area contributed by atoms with Gasteiger partial charge >= 0.3 is 0 Å². The van der Waals surface area contributed by atoms with E-state index in [0.717, 1.165) is 0 Å². The minimum absolute atomic E-state index is 0.0307. The molecule has 0 saturated heterocycles. The van der Waals surface area contributed by atoms with E-state index in [1.165, 1.54) is 12.1 Å². The highest BCUT2D eigenvalue weighted by molar-refractivity contribution is 7.89. The Morgan fingerprint density at radius 1 is 1.31 bits per heavy atom. The van der Waals surface area contributed by atoms with Gasteiger partial charge in [-0.2, -0.15) is 0 Å². The number of aliphatic hydroxyl groups excluding tert-OH is 1. The van der Waals surface area contributed by atoms with E-state index in [2.05, 4.69) is 4.72 Å². The zero-order valence-corrected chi connectivity index (χ0v) is 10.8. The highest BCUT2D eigenvalue weighted by Gasteiger charge is 2.18. The minimum atomic E-state index is -3.64. The first-order valence-electron chi connectivity index (χ1n) is 4.50. The maximum Gasteiger partial charge on any atom is 0.242 e. The normalized spacial score (nSPS) is 11.8. The Kier molecular flexibility index (Phi) is 4.58. The van der Waals surface area contributed by atoms with Crippen LogP contribution in [0.2, 0.25) is 10.0 Å². The first kappa shape index (κ1) is 13.7. The summed E-state index contributed by atoms with van der Waals surface area (Å²) in [6.07, 6.45) is 0. The van der Waals surface area contributed by atoms with Crippen LogP contribution in [0.25, 0.3) is 0 Å². The first-order chi connectivity index (χ1) is 7.42. The van der Waals surface area contributed by atoms with Crippen molar-refractivity contribution < 1.29 is 13.5 Å². The molecule has 90 valence electrons. The Labute approximate surface area is 104 Å². The fraction of sp³-hybridized carbons (Fsp3) is 0.333. The van der Waals surface area contributed by atoms with Crippen LogP contribution in [0.1, 0.15) is 12.5 Å². The molecule has 0 unspecified atom stereocenters. The van der Waals surface area contributed by atoms with Gasteiger partial charge in [0.05, 0.1) is 11.6 Å². The van der Waals surface area contributed by atoms with Crippen molar-refractivity contribution >= 4 is 33.2 Å². The second-order valence-electron chi connectivity index (χ2n) is 3.03. The van der Waals surface area contributed by atoms with Gasteiger partial charge in [0, 0.05) is 11.6 Å². The minimum Gasteiger partial charge on any atom is -0.392 e. The van der Waals surface area contributed by atoms with Gasteiger partial charge in [-0.05, 0) is 17.7 Å². The number of nitrogens with one attached hydrogen (secondary N) is 1. The zero-order chi connectivity index (χ0) is 12.3. The third-order valence-corrected chi connectivity index (χ3v) is 4.26. The molecule has 1 rings (SSSR count). The molecule has 0 radical (unpaired) electrons. The summed E-state index contributed by atoms with van der Waals surface area (Å²) in [6.45, 7) is 1.58. The smallest absolute Gasteiger partial charge is 0.242 e. The molecule has 0 aliphatic rings. The summed E-state index contributed by atoms with van der Waals surface area (Å²) in [5.41, 5.74) is 0.322. The van der Waals surface area contributed by atoms with Crippen molar-refractivity contribution in [3.05, 3.63) is 27.7 Å². The lowest BCUT2D eigenvalue weighted by Crippen LogP contribution is -2.23. The molecule has 0 spiro atoms. The van der Waals surface area contributed by atoms with Crippen LogP contribution in [-0.4, -0.2) is 20.1 Å². The lowest BCUT2D eigenvalue weighted by molar-refractivity contribution is 0.281. The molecule has 0 saturated carbocycles. The summed E-state index contributed by atoms with van der Waals surface area (Å²) in [5.74, 6) is 0. The monoisotopic (exact) mass is 283 g/mol. The van der Waals surface area contributed by atoms with Crippen LogP contribution in [0.3, 0.4) is 0 Å². The van der Waals surface area contributed by atoms with Crippen molar-refractivity contribution in [3.8, 4) is 0 Å². The van der Waals surface area contributed by atoms with E-state index in [1.807, 2.05) is 0 Å². The second kappa shape index (κ2) is 5.33. The van der Waals surface area contributed by atoms with Gasteiger partial charge in [0.1, 0.15) is 4.90 Å². The van der Waals surface area contributed by atoms with E-state index in [9.17, 15) is 8.42 Å². The standard InChI is InChI=1S/C9H11Cl2NO3S/c1-2-12-16(14,15)9-3-6(5-13)7(10)4-8(9)11/h3-4,12-13H,2,5H2,1H3. The Bertz CT molecular complexity index is 488. The molecular weight excluding hydrogens is 273 g/mol. The SMILES string of the molecule is CCNS(=O)(=O)c1cc(CO)c(Cl)cc1Cl. The average molecular weight is 284 g/mol. The van der Waals surface area contributed by atoms with Gasteiger partial charge in [-0.1, -0.05) is 30.1 Å². The lowest BCUT2D eigenvalue weighted by Gasteiger charge is -2.09. The van der Waals surface area contributed by atoms with Crippen LogP contribution in [0.5, 0.6) is 0 Å². The van der Waals surface area contributed by atoms with Crippen LogP contribution in [0, 0.1) is 0 Å². The first-order valence-corrected chi connectivity index (χ1v) is 6.74. The van der Waals surface area contributed by atoms with Crippen LogP contribution in [-0.2, 0) is 16.6 Å². The zero-order valence-electron chi connectivity index (χ0n) is 8.50. The van der Waals surface area contributed by atoms with Gasteiger partial charge in [0.25, 0.3) is 0 Å². The summed E-state index contributed by atoms with van der Waals surface area (Å²) in [6, 6.07) is 2.57. The van der Waals surface area contributed by atoms with Crippen LogP contribution < -0.4 is 4.72 Å². The van der Waals surface area contributed by atoms with Crippen molar-refractivity contribution in [1.29, 1.82) is 0 Å². The molecule has 0 aliphatic heterocycles. The van der Waals surface area contributed by atoms with Crippen molar-refractivity contribution in [2.24, 2.45) is 0 Å². The fourth-order valence-corrected chi connectivity index (χ4v) is 3.06. The fourth-order valence-electron chi connectivity index (χ4n) is 1.17. The molecule has 16 heavy (non-hydrogen) atoms. The van der Waals surface area contributed by atoms with E-state index in [4.69, 9.17) is 28.3 Å². The number of hydrogen-bond donors (Lipinski definition) is 2. The molecule has 0 aliphatic carbocycles. The molecule has 0 bridgehead atoms. The molecule has 1 aromatic rings. The average Bonchev–Trinajstić information content (AvgIpc) is 2.17. The third kappa shape index (κ3) is 2.87. The van der Waals surface area contributed by atoms with Gasteiger partial charge in [-0.25, -0.2) is 13.1 Å². The summed E-state index contributed by atoms with van der Waals surface area (Å²) >= 11 is 11.6. The summed E-state index contributed by atoms with van der Waals surface area (Å²) in [4.78, 5) is -0.0792. The van der Waals surface area contributed by atoms with Gasteiger partial charge in [-0.15, -0.1) is 0 Å². The number of sulfonamides is 1. The van der Waals surface area contributed by atoms with Crippen LogP contribution in [0.15, 0.2) is 17.0 Å². The molecule has 0 aromatic heterocycles. The van der Waals surface area contributed by atoms with E-state index in [1.54, 1.807) is 6.92 Å². The summed E-state index contributed by atoms with van der Waals surface area (Å²) < 4.78 is 25.7. The number of halogens is 2. The largest absolute Gasteiger partial charge is 0.392 e. The van der Waals surface area contributed by atoms with Gasteiger partial charge in [0.2, 0.25) is 10.0 Å². The van der Waals surface area contributed by atoms with Crippen LogP contribution in [0.4, 0.5) is 0 Å². The Balaban J connectivity index is 3.34. The Morgan fingerprint density at radius 2 is 1.94 bits per heavy atom. The highest BCUT2D eigenvalue weighted by Crippen LogP contribution is 2.28. The molecule has 0 heterocycles. The molecule has 0 fully saturated rings. The third-order valence-electron chi connectivity index (χ3n) is 1.90. The van der Waals surface area contributed by atoms with Crippen molar-refractivity contribution in [2.45, 2.75) is 18.4 Å². The summed E-state index contributed by atoms with van der Waals surface area (Å²) in [5, 5.41) is 9.26. The predicted molar refractivity (Wildman–Crippen MR) is 63.2 cm³/mol. The number of hydrogen-bond acceptors (Lipinski definition) is 3.